The van der Waals surface area contributed by atoms with Gasteiger partial charge in [-0.15, -0.1) is 0 Å². The van der Waals surface area contributed by atoms with Crippen LogP contribution in [-0.4, -0.2) is 31.5 Å². The van der Waals surface area contributed by atoms with Gasteiger partial charge in [0.25, 0.3) is 0 Å². The van der Waals surface area contributed by atoms with E-state index >= 15 is 0 Å². The van der Waals surface area contributed by atoms with Crippen LogP contribution >= 0.6 is 0 Å². The minimum Gasteiger partial charge on any atom is -0.383 e. The highest BCUT2D eigenvalue weighted by Gasteiger charge is 2.20. The molecule has 2 atom stereocenters. The molecule has 0 fully saturated rings. The predicted octanol–water partition coefficient (Wildman–Crippen LogP) is 2.19. The van der Waals surface area contributed by atoms with Crippen molar-refractivity contribution < 1.29 is 9.47 Å². The first-order valence-corrected chi connectivity index (χ1v) is 5.29. The fraction of sp³-hybridized carbons (Fsp3) is 1.00. The van der Waals surface area contributed by atoms with Gasteiger partial charge in [0.05, 0.1) is 24.4 Å². The molecule has 3 heteroatoms. The Bertz CT molecular complexity index is 121. The fourth-order valence-corrected chi connectivity index (χ4v) is 0.973. The SMILES string of the molecule is CC.COCC(N)C(C)OC(C)(C)C. The number of methoxy groups -OCH3 is 1. The van der Waals surface area contributed by atoms with Crippen LogP contribution in [0.25, 0.3) is 0 Å². The fourth-order valence-electron chi connectivity index (χ4n) is 0.973. The molecule has 0 bridgehead atoms. The number of rotatable bonds is 4. The second kappa shape index (κ2) is 8.21. The van der Waals surface area contributed by atoms with Crippen LogP contribution in [0.2, 0.25) is 0 Å². The van der Waals surface area contributed by atoms with Crippen molar-refractivity contribution in [3.63, 3.8) is 0 Å². The molecule has 0 spiro atoms. The maximum atomic E-state index is 5.78. The maximum Gasteiger partial charge on any atom is 0.0727 e. The Morgan fingerprint density at radius 3 is 1.93 bits per heavy atom. The molecule has 14 heavy (non-hydrogen) atoms. The van der Waals surface area contributed by atoms with E-state index in [4.69, 9.17) is 15.2 Å². The molecule has 2 N–H and O–H groups in total. The van der Waals surface area contributed by atoms with Crippen molar-refractivity contribution >= 4 is 0 Å². The van der Waals surface area contributed by atoms with Crippen LogP contribution in [0.4, 0.5) is 0 Å². The molecule has 0 amide bonds. The summed E-state index contributed by atoms with van der Waals surface area (Å²) in [5.74, 6) is 0. The summed E-state index contributed by atoms with van der Waals surface area (Å²) in [7, 11) is 1.64. The van der Waals surface area contributed by atoms with E-state index in [0.29, 0.717) is 6.61 Å². The normalized spacial score (nSPS) is 15.4. The molecule has 0 heterocycles. The lowest BCUT2D eigenvalue weighted by Gasteiger charge is -2.28. The summed E-state index contributed by atoms with van der Waals surface area (Å²) < 4.78 is 10.6. The Hall–Kier alpha value is -0.120. The smallest absolute Gasteiger partial charge is 0.0727 e. The molecule has 0 aromatic carbocycles. The van der Waals surface area contributed by atoms with Gasteiger partial charge in [-0.1, -0.05) is 13.8 Å². The molecule has 2 unspecified atom stereocenters. The van der Waals surface area contributed by atoms with Gasteiger partial charge in [-0.25, -0.2) is 0 Å². The second-order valence-corrected chi connectivity index (χ2v) is 4.05. The van der Waals surface area contributed by atoms with E-state index in [2.05, 4.69) is 0 Å². The van der Waals surface area contributed by atoms with E-state index < -0.39 is 0 Å². The quantitative estimate of drug-likeness (QED) is 0.765. The third-order valence-electron chi connectivity index (χ3n) is 1.50. The molecule has 0 aliphatic rings. The lowest BCUT2D eigenvalue weighted by molar-refractivity contribution is -0.0692. The molecule has 0 aliphatic carbocycles. The van der Waals surface area contributed by atoms with Crippen molar-refractivity contribution in [3.05, 3.63) is 0 Å². The monoisotopic (exact) mass is 205 g/mol. The van der Waals surface area contributed by atoms with Crippen LogP contribution < -0.4 is 5.73 Å². The van der Waals surface area contributed by atoms with Gasteiger partial charge in [-0.3, -0.25) is 0 Å². The highest BCUT2D eigenvalue weighted by Crippen LogP contribution is 2.12. The van der Waals surface area contributed by atoms with E-state index in [0.717, 1.165) is 0 Å². The van der Waals surface area contributed by atoms with Gasteiger partial charge in [0, 0.05) is 7.11 Å². The third-order valence-corrected chi connectivity index (χ3v) is 1.50. The molecule has 0 aromatic rings. The van der Waals surface area contributed by atoms with Crippen LogP contribution in [0.5, 0.6) is 0 Å². The zero-order chi connectivity index (χ0) is 11.8. The Kier molecular flexibility index (Phi) is 9.57. The summed E-state index contributed by atoms with van der Waals surface area (Å²) in [5.41, 5.74) is 5.65. The first-order chi connectivity index (χ1) is 6.37. The van der Waals surface area contributed by atoms with Gasteiger partial charge in [0.1, 0.15) is 0 Å². The number of ether oxygens (including phenoxy) is 2. The van der Waals surface area contributed by atoms with Gasteiger partial charge in [-0.05, 0) is 27.7 Å². The van der Waals surface area contributed by atoms with E-state index in [1.807, 2.05) is 41.5 Å². The van der Waals surface area contributed by atoms with E-state index in [1.165, 1.54) is 0 Å². The summed E-state index contributed by atoms with van der Waals surface area (Å²) in [4.78, 5) is 0. The topological polar surface area (TPSA) is 44.5 Å². The standard InChI is InChI=1S/C9H21NO2.C2H6/c1-7(8(10)6-11-5)12-9(2,3)4;1-2/h7-8H,6,10H2,1-5H3;1-2H3. The largest absolute Gasteiger partial charge is 0.383 e. The number of hydrogen-bond donors (Lipinski definition) is 1. The molecule has 0 rings (SSSR count). The summed E-state index contributed by atoms with van der Waals surface area (Å²) in [6.07, 6.45) is 0.0324. The highest BCUT2D eigenvalue weighted by atomic mass is 16.5. The lowest BCUT2D eigenvalue weighted by Crippen LogP contribution is -2.42. The van der Waals surface area contributed by atoms with E-state index in [-0.39, 0.29) is 17.7 Å². The summed E-state index contributed by atoms with van der Waals surface area (Å²) in [6.45, 7) is 12.6. The second-order valence-electron chi connectivity index (χ2n) is 4.05. The first kappa shape index (κ1) is 16.3. The van der Waals surface area contributed by atoms with Crippen LogP contribution in [0, 0.1) is 0 Å². The maximum absolute atomic E-state index is 5.78. The Morgan fingerprint density at radius 1 is 1.21 bits per heavy atom. The molecule has 0 radical (unpaired) electrons. The van der Waals surface area contributed by atoms with Crippen LogP contribution in [-0.2, 0) is 9.47 Å². The van der Waals surface area contributed by atoms with Crippen molar-refractivity contribution in [2.45, 2.75) is 59.3 Å². The molecular formula is C11H27NO2. The summed E-state index contributed by atoms with van der Waals surface area (Å²) >= 11 is 0. The highest BCUT2D eigenvalue weighted by molar-refractivity contribution is 4.72. The predicted molar refractivity (Wildman–Crippen MR) is 61.5 cm³/mol. The van der Waals surface area contributed by atoms with Gasteiger partial charge in [0.2, 0.25) is 0 Å². The van der Waals surface area contributed by atoms with E-state index in [1.54, 1.807) is 7.11 Å². The third kappa shape index (κ3) is 9.96. The molecule has 0 saturated carbocycles. The van der Waals surface area contributed by atoms with Gasteiger partial charge in [-0.2, -0.15) is 0 Å². The number of hydrogen-bond acceptors (Lipinski definition) is 3. The van der Waals surface area contributed by atoms with Gasteiger partial charge >= 0.3 is 0 Å². The zero-order valence-electron chi connectivity index (χ0n) is 10.8. The van der Waals surface area contributed by atoms with Crippen LogP contribution in [0.1, 0.15) is 41.5 Å². The van der Waals surface area contributed by atoms with E-state index in [9.17, 15) is 0 Å². The van der Waals surface area contributed by atoms with Crippen LogP contribution in [0.3, 0.4) is 0 Å². The number of nitrogens with two attached hydrogens (primary N) is 1. The molecule has 0 aromatic heterocycles. The van der Waals surface area contributed by atoms with Crippen molar-refractivity contribution in [3.8, 4) is 0 Å². The Labute approximate surface area is 89.0 Å². The van der Waals surface area contributed by atoms with Crippen molar-refractivity contribution in [2.75, 3.05) is 13.7 Å². The zero-order valence-corrected chi connectivity index (χ0v) is 10.8. The van der Waals surface area contributed by atoms with Gasteiger partial charge < -0.3 is 15.2 Å². The molecular weight excluding hydrogens is 178 g/mol. The summed E-state index contributed by atoms with van der Waals surface area (Å²) in [5, 5.41) is 0. The molecule has 0 saturated heterocycles. The average molecular weight is 205 g/mol. The average Bonchev–Trinajstić information content (AvgIpc) is 2.05. The van der Waals surface area contributed by atoms with Crippen LogP contribution in [0.15, 0.2) is 0 Å². The minimum atomic E-state index is -0.134. The molecule has 88 valence electrons. The molecule has 3 nitrogen and oxygen atoms in total. The first-order valence-electron chi connectivity index (χ1n) is 5.29. The Morgan fingerprint density at radius 2 is 1.64 bits per heavy atom. The van der Waals surface area contributed by atoms with Crippen molar-refractivity contribution in [1.82, 2.24) is 0 Å². The Balaban J connectivity index is 0. The minimum absolute atomic E-state index is 0.0324. The van der Waals surface area contributed by atoms with Crippen molar-refractivity contribution in [1.29, 1.82) is 0 Å². The summed E-state index contributed by atoms with van der Waals surface area (Å²) in [6, 6.07) is -0.0470. The van der Waals surface area contributed by atoms with Crippen molar-refractivity contribution in [2.24, 2.45) is 5.73 Å². The molecule has 0 aliphatic heterocycles. The lowest BCUT2D eigenvalue weighted by atomic mass is 10.1. The van der Waals surface area contributed by atoms with Gasteiger partial charge in [0.15, 0.2) is 0 Å².